The summed E-state index contributed by atoms with van der Waals surface area (Å²) in [5.41, 5.74) is 5.77. The smallest absolute Gasteiger partial charge is 0.215 e. The van der Waals surface area contributed by atoms with Gasteiger partial charge in [0.25, 0.3) is 0 Å². The van der Waals surface area contributed by atoms with Crippen LogP contribution in [0.3, 0.4) is 0 Å². The predicted molar refractivity (Wildman–Crippen MR) is 69.2 cm³/mol. The number of nitrogens with two attached hydrogens (primary N) is 1. The number of nitrogens with one attached hydrogen (secondary N) is 1. The topological polar surface area (TPSA) is 60.2 Å². The second kappa shape index (κ2) is 5.87. The highest BCUT2D eigenvalue weighted by atomic mass is 16.5. The zero-order valence-corrected chi connectivity index (χ0v) is 10.4. The molecule has 3 N–H and O–H groups in total. The summed E-state index contributed by atoms with van der Waals surface area (Å²) < 4.78 is 5.39. The zero-order valence-electron chi connectivity index (χ0n) is 10.4. The van der Waals surface area contributed by atoms with Crippen molar-refractivity contribution in [1.29, 1.82) is 0 Å². The maximum Gasteiger partial charge on any atom is 0.215 e. The number of nitrogens with zero attached hydrogens (tertiary/aromatic N) is 1. The van der Waals surface area contributed by atoms with Gasteiger partial charge in [-0.1, -0.05) is 12.5 Å². The van der Waals surface area contributed by atoms with Gasteiger partial charge in [-0.2, -0.15) is 4.98 Å². The molecule has 0 amide bonds. The Morgan fingerprint density at radius 1 is 1.47 bits per heavy atom. The van der Waals surface area contributed by atoms with E-state index in [0.29, 0.717) is 24.4 Å². The first-order valence-corrected chi connectivity index (χ1v) is 6.40. The van der Waals surface area contributed by atoms with Gasteiger partial charge in [-0.3, -0.25) is 0 Å². The van der Waals surface area contributed by atoms with Crippen molar-refractivity contribution < 1.29 is 4.74 Å². The van der Waals surface area contributed by atoms with Crippen molar-refractivity contribution in [2.45, 2.75) is 32.2 Å². The van der Waals surface area contributed by atoms with Crippen LogP contribution in [0.2, 0.25) is 0 Å². The second-order valence-electron chi connectivity index (χ2n) is 4.47. The maximum atomic E-state index is 5.77. The van der Waals surface area contributed by atoms with Crippen molar-refractivity contribution in [2.24, 2.45) is 11.7 Å². The van der Waals surface area contributed by atoms with Crippen LogP contribution >= 0.6 is 0 Å². The highest BCUT2D eigenvalue weighted by Crippen LogP contribution is 2.27. The second-order valence-corrected chi connectivity index (χ2v) is 4.47. The van der Waals surface area contributed by atoms with E-state index < -0.39 is 0 Å². The molecule has 0 aliphatic heterocycles. The molecule has 17 heavy (non-hydrogen) atoms. The molecule has 1 fully saturated rings. The summed E-state index contributed by atoms with van der Waals surface area (Å²) in [5.74, 6) is 2.15. The van der Waals surface area contributed by atoms with Crippen LogP contribution in [0, 0.1) is 5.92 Å². The van der Waals surface area contributed by atoms with Gasteiger partial charge in [0.05, 0.1) is 6.61 Å². The molecule has 2 rings (SSSR count). The van der Waals surface area contributed by atoms with Crippen LogP contribution in [-0.4, -0.2) is 24.2 Å². The normalized spacial score (nSPS) is 23.6. The number of aromatic nitrogens is 1. The summed E-state index contributed by atoms with van der Waals surface area (Å²) in [5, 5.41) is 3.47. The lowest BCUT2D eigenvalue weighted by molar-refractivity contribution is 0.327. The number of hydrogen-bond donors (Lipinski definition) is 2. The van der Waals surface area contributed by atoms with E-state index in [4.69, 9.17) is 10.5 Å². The third-order valence-corrected chi connectivity index (χ3v) is 3.31. The lowest BCUT2D eigenvalue weighted by atomic mass is 10.0. The molecule has 0 saturated heterocycles. The molecule has 2 atom stereocenters. The first kappa shape index (κ1) is 12.2. The molecule has 1 aromatic heterocycles. The summed E-state index contributed by atoms with van der Waals surface area (Å²) in [6.45, 7) is 3.36. The number of anilines is 1. The van der Waals surface area contributed by atoms with Crippen LogP contribution in [-0.2, 0) is 0 Å². The molecule has 1 heterocycles. The summed E-state index contributed by atoms with van der Waals surface area (Å²) >= 11 is 0. The Morgan fingerprint density at radius 2 is 2.35 bits per heavy atom. The highest BCUT2D eigenvalue weighted by Gasteiger charge is 2.26. The molecule has 0 spiro atoms. The fourth-order valence-electron chi connectivity index (χ4n) is 2.42. The average Bonchev–Trinajstić information content (AvgIpc) is 2.77. The highest BCUT2D eigenvalue weighted by molar-refractivity contribution is 5.38. The Balaban J connectivity index is 2.00. The Hall–Kier alpha value is -1.29. The summed E-state index contributed by atoms with van der Waals surface area (Å²) in [6.07, 6.45) is 3.66. The maximum absolute atomic E-state index is 5.77. The first-order valence-electron chi connectivity index (χ1n) is 6.40. The van der Waals surface area contributed by atoms with Crippen LogP contribution in [0.25, 0.3) is 0 Å². The van der Waals surface area contributed by atoms with Gasteiger partial charge in [-0.05, 0) is 38.3 Å². The molecule has 2 unspecified atom stereocenters. The summed E-state index contributed by atoms with van der Waals surface area (Å²) in [4.78, 5) is 4.42. The largest absolute Gasteiger partial charge is 0.478 e. The van der Waals surface area contributed by atoms with Crippen LogP contribution in [0.15, 0.2) is 18.2 Å². The van der Waals surface area contributed by atoms with Crippen LogP contribution < -0.4 is 15.8 Å². The molecule has 1 aromatic rings. The lowest BCUT2D eigenvalue weighted by Crippen LogP contribution is -2.29. The molecule has 0 aromatic carbocycles. The van der Waals surface area contributed by atoms with Crippen molar-refractivity contribution in [3.63, 3.8) is 0 Å². The van der Waals surface area contributed by atoms with Gasteiger partial charge < -0.3 is 15.8 Å². The molecule has 4 nitrogen and oxygen atoms in total. The molecule has 1 aliphatic carbocycles. The predicted octanol–water partition coefficient (Wildman–Crippen LogP) is 2.02. The Bertz CT molecular complexity index is 356. The van der Waals surface area contributed by atoms with E-state index in [0.717, 1.165) is 12.4 Å². The lowest BCUT2D eigenvalue weighted by Gasteiger charge is -2.20. The quantitative estimate of drug-likeness (QED) is 0.819. The number of ether oxygens (including phenoxy) is 1. The molecule has 0 bridgehead atoms. The molecular formula is C13H21N3O. The summed E-state index contributed by atoms with van der Waals surface area (Å²) in [6, 6.07) is 6.29. The third kappa shape index (κ3) is 3.09. The van der Waals surface area contributed by atoms with E-state index in [1.165, 1.54) is 19.3 Å². The van der Waals surface area contributed by atoms with Gasteiger partial charge in [-0.25, -0.2) is 0 Å². The molecule has 1 saturated carbocycles. The third-order valence-electron chi connectivity index (χ3n) is 3.31. The van der Waals surface area contributed by atoms with Crippen molar-refractivity contribution in [3.05, 3.63) is 18.2 Å². The van der Waals surface area contributed by atoms with E-state index >= 15 is 0 Å². The monoisotopic (exact) mass is 235 g/mol. The minimum Gasteiger partial charge on any atom is -0.478 e. The van der Waals surface area contributed by atoms with Crippen molar-refractivity contribution in [3.8, 4) is 5.88 Å². The molecule has 1 aliphatic rings. The van der Waals surface area contributed by atoms with Gasteiger partial charge in [-0.15, -0.1) is 0 Å². The Labute approximate surface area is 103 Å². The fourth-order valence-corrected chi connectivity index (χ4v) is 2.42. The average molecular weight is 235 g/mol. The first-order chi connectivity index (χ1) is 8.33. The van der Waals surface area contributed by atoms with Crippen LogP contribution in [0.1, 0.15) is 26.2 Å². The van der Waals surface area contributed by atoms with Gasteiger partial charge in [0.1, 0.15) is 5.82 Å². The van der Waals surface area contributed by atoms with Gasteiger partial charge in [0.15, 0.2) is 0 Å². The van der Waals surface area contributed by atoms with E-state index in [-0.39, 0.29) is 0 Å². The number of pyridine rings is 1. The number of hydrogen-bond acceptors (Lipinski definition) is 4. The van der Waals surface area contributed by atoms with Crippen molar-refractivity contribution in [1.82, 2.24) is 4.98 Å². The van der Waals surface area contributed by atoms with E-state index in [9.17, 15) is 0 Å². The van der Waals surface area contributed by atoms with Gasteiger partial charge >= 0.3 is 0 Å². The van der Waals surface area contributed by atoms with Crippen molar-refractivity contribution in [2.75, 3.05) is 18.5 Å². The van der Waals surface area contributed by atoms with Crippen molar-refractivity contribution >= 4 is 5.82 Å². The Morgan fingerprint density at radius 3 is 3.12 bits per heavy atom. The number of rotatable bonds is 5. The van der Waals surface area contributed by atoms with E-state index in [1.807, 2.05) is 25.1 Å². The van der Waals surface area contributed by atoms with E-state index in [2.05, 4.69) is 10.3 Å². The molecule has 94 valence electrons. The standard InChI is InChI=1S/C13H21N3O/c1-2-17-13-8-4-7-12(16-13)15-11-6-3-5-10(11)9-14/h4,7-8,10-11H,2-3,5-6,9,14H2,1H3,(H,15,16). The SMILES string of the molecule is CCOc1cccc(NC2CCCC2CN)n1. The molecule has 4 heteroatoms. The van der Waals surface area contributed by atoms with Gasteiger partial charge in [0, 0.05) is 12.1 Å². The van der Waals surface area contributed by atoms with Crippen LogP contribution in [0.5, 0.6) is 5.88 Å². The van der Waals surface area contributed by atoms with E-state index in [1.54, 1.807) is 0 Å². The Kier molecular flexibility index (Phi) is 4.20. The fraction of sp³-hybridized carbons (Fsp3) is 0.615. The van der Waals surface area contributed by atoms with Crippen LogP contribution in [0.4, 0.5) is 5.82 Å². The van der Waals surface area contributed by atoms with Gasteiger partial charge in [0.2, 0.25) is 5.88 Å². The molecule has 0 radical (unpaired) electrons. The molecular weight excluding hydrogens is 214 g/mol. The minimum atomic E-state index is 0.462. The summed E-state index contributed by atoms with van der Waals surface area (Å²) in [7, 11) is 0. The minimum absolute atomic E-state index is 0.462. The zero-order chi connectivity index (χ0) is 12.1.